The number of carbonyl (C=O) groups is 2. The molecule has 3 rings (SSSR count). The molecular weight excluding hydrogens is 320 g/mol. The molecular formula is C18H22N4O3. The number of amides is 2. The molecule has 0 aliphatic carbocycles. The molecule has 25 heavy (non-hydrogen) atoms. The number of rotatable bonds is 4. The van der Waals surface area contributed by atoms with E-state index in [1.807, 2.05) is 17.0 Å². The maximum absolute atomic E-state index is 12.9. The summed E-state index contributed by atoms with van der Waals surface area (Å²) in [5.74, 6) is 0.422. The standard InChI is InChI=1S/C18H22N4O3/c1-11-17(12(2)25-21-11)18(24)22-8-4-5-16(22)15-7-6-14(10-20-15)9-19-13(3)23/h6-7,10,16H,4-5,8-9H2,1-3H3,(H,19,23)/t16-/m0/s1. The Balaban J connectivity index is 1.77. The minimum absolute atomic E-state index is 0.0454. The van der Waals surface area contributed by atoms with E-state index in [0.29, 0.717) is 30.1 Å². The topological polar surface area (TPSA) is 88.3 Å². The Morgan fingerprint density at radius 1 is 1.36 bits per heavy atom. The fourth-order valence-electron chi connectivity index (χ4n) is 3.21. The second-order valence-electron chi connectivity index (χ2n) is 6.36. The lowest BCUT2D eigenvalue weighted by atomic mass is 10.1. The normalized spacial score (nSPS) is 16.9. The van der Waals surface area contributed by atoms with Gasteiger partial charge in [-0.2, -0.15) is 0 Å². The minimum atomic E-state index is -0.0731. The van der Waals surface area contributed by atoms with Crippen LogP contribution in [0.25, 0.3) is 0 Å². The Morgan fingerprint density at radius 3 is 2.76 bits per heavy atom. The maximum Gasteiger partial charge on any atom is 0.259 e. The van der Waals surface area contributed by atoms with Crippen LogP contribution in [0.1, 0.15) is 58.9 Å². The first-order valence-corrected chi connectivity index (χ1v) is 8.40. The van der Waals surface area contributed by atoms with Crippen molar-refractivity contribution in [2.75, 3.05) is 6.54 Å². The number of hydrogen-bond acceptors (Lipinski definition) is 5. The molecule has 0 aromatic carbocycles. The molecule has 1 atom stereocenters. The average molecular weight is 342 g/mol. The van der Waals surface area contributed by atoms with E-state index in [4.69, 9.17) is 4.52 Å². The van der Waals surface area contributed by atoms with Crippen molar-refractivity contribution in [1.82, 2.24) is 20.4 Å². The summed E-state index contributed by atoms with van der Waals surface area (Å²) in [6.07, 6.45) is 3.57. The molecule has 132 valence electrons. The summed E-state index contributed by atoms with van der Waals surface area (Å²) in [6.45, 7) is 6.17. The molecule has 0 saturated carbocycles. The smallest absolute Gasteiger partial charge is 0.259 e. The van der Waals surface area contributed by atoms with E-state index in [2.05, 4.69) is 15.5 Å². The second-order valence-corrected chi connectivity index (χ2v) is 6.36. The van der Waals surface area contributed by atoms with Gasteiger partial charge in [-0.15, -0.1) is 0 Å². The second kappa shape index (κ2) is 7.04. The Morgan fingerprint density at radius 2 is 2.16 bits per heavy atom. The van der Waals surface area contributed by atoms with Gasteiger partial charge in [0.05, 0.1) is 17.4 Å². The quantitative estimate of drug-likeness (QED) is 0.921. The van der Waals surface area contributed by atoms with Gasteiger partial charge in [0.25, 0.3) is 5.91 Å². The highest BCUT2D eigenvalue weighted by Gasteiger charge is 2.34. The van der Waals surface area contributed by atoms with E-state index in [1.165, 1.54) is 6.92 Å². The van der Waals surface area contributed by atoms with Crippen LogP contribution >= 0.6 is 0 Å². The van der Waals surface area contributed by atoms with Gasteiger partial charge in [-0.25, -0.2) is 0 Å². The summed E-state index contributed by atoms with van der Waals surface area (Å²) in [6, 6.07) is 3.83. The van der Waals surface area contributed by atoms with Crippen molar-refractivity contribution in [2.45, 2.75) is 46.2 Å². The molecule has 2 amide bonds. The highest BCUT2D eigenvalue weighted by molar-refractivity contribution is 5.96. The Labute approximate surface area is 146 Å². The van der Waals surface area contributed by atoms with Crippen LogP contribution in [0.5, 0.6) is 0 Å². The van der Waals surface area contributed by atoms with Crippen LogP contribution in [-0.2, 0) is 11.3 Å². The van der Waals surface area contributed by atoms with Crippen LogP contribution in [0.15, 0.2) is 22.9 Å². The van der Waals surface area contributed by atoms with E-state index in [1.54, 1.807) is 20.0 Å². The van der Waals surface area contributed by atoms with Gasteiger partial charge >= 0.3 is 0 Å². The zero-order chi connectivity index (χ0) is 18.0. The summed E-state index contributed by atoms with van der Waals surface area (Å²) in [5.41, 5.74) is 2.96. The molecule has 0 radical (unpaired) electrons. The Bertz CT molecular complexity index is 763. The fourth-order valence-corrected chi connectivity index (χ4v) is 3.21. The lowest BCUT2D eigenvalue weighted by Crippen LogP contribution is -2.31. The van der Waals surface area contributed by atoms with Crippen LogP contribution in [0.4, 0.5) is 0 Å². The van der Waals surface area contributed by atoms with Gasteiger partial charge in [-0.3, -0.25) is 14.6 Å². The van der Waals surface area contributed by atoms with Gasteiger partial charge in [0.2, 0.25) is 5.91 Å². The number of pyridine rings is 1. The molecule has 2 aromatic rings. The van der Waals surface area contributed by atoms with Crippen molar-refractivity contribution >= 4 is 11.8 Å². The molecule has 7 nitrogen and oxygen atoms in total. The van der Waals surface area contributed by atoms with Crippen LogP contribution < -0.4 is 5.32 Å². The monoisotopic (exact) mass is 342 g/mol. The first-order chi connectivity index (χ1) is 12.0. The number of carbonyl (C=O) groups excluding carboxylic acids is 2. The van der Waals surface area contributed by atoms with Crippen molar-refractivity contribution in [3.05, 3.63) is 46.6 Å². The first-order valence-electron chi connectivity index (χ1n) is 8.40. The lowest BCUT2D eigenvalue weighted by Gasteiger charge is -2.24. The van der Waals surface area contributed by atoms with Crippen molar-refractivity contribution in [3.8, 4) is 0 Å². The summed E-state index contributed by atoms with van der Waals surface area (Å²) in [4.78, 5) is 30.3. The first kappa shape index (κ1) is 17.1. The van der Waals surface area contributed by atoms with Gasteiger partial charge in [-0.05, 0) is 38.3 Å². The molecule has 0 spiro atoms. The average Bonchev–Trinajstić information content (AvgIpc) is 3.20. The van der Waals surface area contributed by atoms with Crippen molar-refractivity contribution in [2.24, 2.45) is 0 Å². The van der Waals surface area contributed by atoms with Gasteiger partial charge < -0.3 is 14.7 Å². The predicted octanol–water partition coefficient (Wildman–Crippen LogP) is 2.30. The van der Waals surface area contributed by atoms with Crippen LogP contribution in [0.3, 0.4) is 0 Å². The van der Waals surface area contributed by atoms with E-state index in [0.717, 1.165) is 24.1 Å². The lowest BCUT2D eigenvalue weighted by molar-refractivity contribution is -0.119. The van der Waals surface area contributed by atoms with Crippen LogP contribution in [-0.4, -0.2) is 33.4 Å². The zero-order valence-electron chi connectivity index (χ0n) is 14.7. The molecule has 1 aliphatic heterocycles. The number of aryl methyl sites for hydroxylation is 2. The third-order valence-electron chi connectivity index (χ3n) is 4.49. The van der Waals surface area contributed by atoms with Gasteiger partial charge in [0, 0.05) is 26.2 Å². The highest BCUT2D eigenvalue weighted by Crippen LogP contribution is 2.33. The number of aromatic nitrogens is 2. The predicted molar refractivity (Wildman–Crippen MR) is 90.7 cm³/mol. The Hall–Kier alpha value is -2.70. The summed E-state index contributed by atoms with van der Waals surface area (Å²) in [5, 5.41) is 6.63. The number of likely N-dealkylation sites (tertiary alicyclic amines) is 1. The van der Waals surface area contributed by atoms with Crippen LogP contribution in [0.2, 0.25) is 0 Å². The van der Waals surface area contributed by atoms with Crippen molar-refractivity contribution in [3.63, 3.8) is 0 Å². The molecule has 2 aromatic heterocycles. The van der Waals surface area contributed by atoms with Gasteiger partial charge in [-0.1, -0.05) is 11.2 Å². The highest BCUT2D eigenvalue weighted by atomic mass is 16.5. The number of hydrogen-bond donors (Lipinski definition) is 1. The van der Waals surface area contributed by atoms with E-state index in [-0.39, 0.29) is 17.9 Å². The number of nitrogens with one attached hydrogen (secondary N) is 1. The van der Waals surface area contributed by atoms with Gasteiger partial charge in [0.1, 0.15) is 11.3 Å². The molecule has 1 fully saturated rings. The molecule has 1 N–H and O–H groups in total. The molecule has 7 heteroatoms. The van der Waals surface area contributed by atoms with Crippen molar-refractivity contribution in [1.29, 1.82) is 0 Å². The number of nitrogens with zero attached hydrogens (tertiary/aromatic N) is 3. The fraction of sp³-hybridized carbons (Fsp3) is 0.444. The molecule has 0 unspecified atom stereocenters. The van der Waals surface area contributed by atoms with E-state index < -0.39 is 0 Å². The summed E-state index contributed by atoms with van der Waals surface area (Å²) >= 11 is 0. The van der Waals surface area contributed by atoms with E-state index in [9.17, 15) is 9.59 Å². The summed E-state index contributed by atoms with van der Waals surface area (Å²) < 4.78 is 5.13. The van der Waals surface area contributed by atoms with Crippen LogP contribution in [0, 0.1) is 13.8 Å². The van der Waals surface area contributed by atoms with E-state index >= 15 is 0 Å². The third kappa shape index (κ3) is 3.55. The summed E-state index contributed by atoms with van der Waals surface area (Å²) in [7, 11) is 0. The third-order valence-corrected chi connectivity index (χ3v) is 4.49. The SMILES string of the molecule is CC(=O)NCc1ccc([C@@H]2CCCN2C(=O)c2c(C)noc2C)nc1. The largest absolute Gasteiger partial charge is 0.361 e. The Kier molecular flexibility index (Phi) is 4.83. The van der Waals surface area contributed by atoms with Crippen molar-refractivity contribution < 1.29 is 14.1 Å². The molecule has 0 bridgehead atoms. The molecule has 3 heterocycles. The molecule has 1 aliphatic rings. The minimum Gasteiger partial charge on any atom is -0.361 e. The maximum atomic E-state index is 12.9. The van der Waals surface area contributed by atoms with Gasteiger partial charge in [0.15, 0.2) is 0 Å². The zero-order valence-corrected chi connectivity index (χ0v) is 14.7. The molecule has 1 saturated heterocycles.